The summed E-state index contributed by atoms with van der Waals surface area (Å²) in [6.45, 7) is 0.675. The van der Waals surface area contributed by atoms with E-state index < -0.39 is 0 Å². The molecule has 0 aromatic heterocycles. The molecule has 1 aliphatic heterocycles. The van der Waals surface area contributed by atoms with E-state index in [1.54, 1.807) is 11.8 Å². The van der Waals surface area contributed by atoms with Gasteiger partial charge in [0.1, 0.15) is 0 Å². The lowest BCUT2D eigenvalue weighted by Crippen LogP contribution is -2.33. The van der Waals surface area contributed by atoms with E-state index in [1.807, 2.05) is 0 Å². The lowest BCUT2D eigenvalue weighted by atomic mass is 9.87. The Morgan fingerprint density at radius 2 is 1.59 bits per heavy atom. The maximum absolute atomic E-state index is 12.8. The van der Waals surface area contributed by atoms with Gasteiger partial charge in [-0.15, -0.1) is 0 Å². The number of rotatable bonds is 4. The lowest BCUT2D eigenvalue weighted by molar-refractivity contribution is -0.121. The number of hydrogen-bond acceptors (Lipinski definition) is 3. The molecule has 1 atom stereocenters. The largest absolute Gasteiger partial charge is 0.349 e. The van der Waals surface area contributed by atoms with E-state index >= 15 is 0 Å². The maximum atomic E-state index is 12.8. The molecule has 0 radical (unpaired) electrons. The van der Waals surface area contributed by atoms with Gasteiger partial charge in [-0.25, -0.2) is 0 Å². The molecule has 0 saturated heterocycles. The predicted molar refractivity (Wildman–Crippen MR) is 119 cm³/mol. The summed E-state index contributed by atoms with van der Waals surface area (Å²) < 4.78 is 0. The van der Waals surface area contributed by atoms with Gasteiger partial charge in [-0.3, -0.25) is 4.79 Å². The quantitative estimate of drug-likeness (QED) is 0.594. The lowest BCUT2D eigenvalue weighted by Gasteiger charge is -2.33. The number of amides is 1. The molecule has 2 aliphatic rings. The van der Waals surface area contributed by atoms with E-state index in [9.17, 15) is 4.79 Å². The first-order valence-electron chi connectivity index (χ1n) is 10.3. The van der Waals surface area contributed by atoms with Crippen LogP contribution in [0.4, 0.5) is 11.4 Å². The number of carbonyl (C=O) groups is 1. The van der Waals surface area contributed by atoms with Crippen LogP contribution in [-0.4, -0.2) is 12.5 Å². The number of carbonyl (C=O) groups excluding carboxylic acids is 1. The predicted octanol–water partition coefficient (Wildman–Crippen LogP) is 5.87. The summed E-state index contributed by atoms with van der Waals surface area (Å²) in [6, 6.07) is 25.5. The first-order valence-corrected chi connectivity index (χ1v) is 11.1. The molecule has 1 aliphatic carbocycles. The highest BCUT2D eigenvalue weighted by atomic mass is 32.2. The van der Waals surface area contributed by atoms with Crippen molar-refractivity contribution < 1.29 is 4.79 Å². The highest BCUT2D eigenvalue weighted by molar-refractivity contribution is 7.99. The fraction of sp³-hybridized carbons (Fsp3) is 0.240. The van der Waals surface area contributed by atoms with E-state index in [0.717, 1.165) is 19.3 Å². The average Bonchev–Trinajstić information content (AvgIpc) is 2.77. The second-order valence-corrected chi connectivity index (χ2v) is 8.73. The topological polar surface area (TPSA) is 32.3 Å². The summed E-state index contributed by atoms with van der Waals surface area (Å²) in [5, 5.41) is 3.29. The van der Waals surface area contributed by atoms with E-state index in [4.69, 9.17) is 0 Å². The molecular formula is C25H24N2OS. The van der Waals surface area contributed by atoms with Crippen LogP contribution in [0.2, 0.25) is 0 Å². The third-order valence-electron chi connectivity index (χ3n) is 5.80. The molecule has 3 aromatic rings. The molecule has 3 nitrogen and oxygen atoms in total. The van der Waals surface area contributed by atoms with Crippen molar-refractivity contribution in [2.24, 2.45) is 0 Å². The van der Waals surface area contributed by atoms with Gasteiger partial charge in [0.2, 0.25) is 5.91 Å². The van der Waals surface area contributed by atoms with Gasteiger partial charge in [0.05, 0.1) is 17.4 Å². The Bertz CT molecular complexity index is 1000. The number of anilines is 2. The van der Waals surface area contributed by atoms with Crippen molar-refractivity contribution in [1.29, 1.82) is 0 Å². The molecular weight excluding hydrogens is 376 g/mol. The van der Waals surface area contributed by atoms with Gasteiger partial charge in [0.25, 0.3) is 0 Å². The van der Waals surface area contributed by atoms with Crippen LogP contribution >= 0.6 is 11.8 Å². The molecule has 4 heteroatoms. The molecule has 1 heterocycles. The molecule has 0 spiro atoms. The second kappa shape index (κ2) is 7.96. The number of nitrogens with one attached hydrogen (secondary N) is 1. The summed E-state index contributed by atoms with van der Waals surface area (Å²) in [7, 11) is 0. The van der Waals surface area contributed by atoms with Crippen molar-refractivity contribution in [3.8, 4) is 0 Å². The SMILES string of the molecule is O=C(CCN1c2ccccc2Sc2ccccc21)N[C@H]1CCCc2ccccc21. The Hall–Kier alpha value is -2.72. The number of benzene rings is 3. The first kappa shape index (κ1) is 18.3. The highest BCUT2D eigenvalue weighted by Crippen LogP contribution is 2.47. The average molecular weight is 401 g/mol. The fourth-order valence-corrected chi connectivity index (χ4v) is 5.50. The minimum absolute atomic E-state index is 0.125. The van der Waals surface area contributed by atoms with Gasteiger partial charge < -0.3 is 10.2 Å². The van der Waals surface area contributed by atoms with Gasteiger partial charge >= 0.3 is 0 Å². The highest BCUT2D eigenvalue weighted by Gasteiger charge is 2.25. The molecule has 1 N–H and O–H groups in total. The monoisotopic (exact) mass is 400 g/mol. The van der Waals surface area contributed by atoms with E-state index in [-0.39, 0.29) is 11.9 Å². The Balaban J connectivity index is 1.32. The van der Waals surface area contributed by atoms with Gasteiger partial charge in [-0.05, 0) is 54.7 Å². The van der Waals surface area contributed by atoms with E-state index in [2.05, 4.69) is 83.0 Å². The Morgan fingerprint density at radius 1 is 0.931 bits per heavy atom. The normalized spacial score (nSPS) is 17.1. The fourth-order valence-electron chi connectivity index (χ4n) is 4.41. The van der Waals surface area contributed by atoms with Crippen LogP contribution in [0.25, 0.3) is 0 Å². The number of nitrogens with zero attached hydrogens (tertiary/aromatic N) is 1. The molecule has 0 bridgehead atoms. The van der Waals surface area contributed by atoms with Crippen LogP contribution in [-0.2, 0) is 11.2 Å². The van der Waals surface area contributed by atoms with Crippen molar-refractivity contribution in [2.45, 2.75) is 41.5 Å². The van der Waals surface area contributed by atoms with Crippen molar-refractivity contribution in [1.82, 2.24) is 5.32 Å². The number of aryl methyl sites for hydroxylation is 1. The molecule has 0 saturated carbocycles. The zero-order chi connectivity index (χ0) is 19.6. The van der Waals surface area contributed by atoms with Gasteiger partial charge in [-0.2, -0.15) is 0 Å². The van der Waals surface area contributed by atoms with Gasteiger partial charge in [0, 0.05) is 22.8 Å². The van der Waals surface area contributed by atoms with Crippen LogP contribution in [0.15, 0.2) is 82.6 Å². The Kier molecular flexibility index (Phi) is 5.03. The number of fused-ring (bicyclic) bond motifs is 3. The molecule has 146 valence electrons. The standard InChI is InChI=1S/C25H24N2OS/c28-25(26-20-11-7-9-18-8-1-2-10-19(18)20)16-17-27-21-12-3-5-14-23(21)29-24-15-6-4-13-22(24)27/h1-6,8,10,12-15,20H,7,9,11,16-17H2,(H,26,28)/t20-/m0/s1. The summed E-state index contributed by atoms with van der Waals surface area (Å²) in [6.07, 6.45) is 3.74. The summed E-state index contributed by atoms with van der Waals surface area (Å²) in [4.78, 5) is 17.6. The molecule has 29 heavy (non-hydrogen) atoms. The van der Waals surface area contributed by atoms with Gasteiger partial charge in [-0.1, -0.05) is 60.3 Å². The molecule has 0 unspecified atom stereocenters. The van der Waals surface area contributed by atoms with Crippen LogP contribution in [0, 0.1) is 0 Å². The van der Waals surface area contributed by atoms with Crippen molar-refractivity contribution >= 4 is 29.0 Å². The minimum Gasteiger partial charge on any atom is -0.349 e. The minimum atomic E-state index is 0.125. The summed E-state index contributed by atoms with van der Waals surface area (Å²) in [5.41, 5.74) is 5.04. The van der Waals surface area contributed by atoms with Gasteiger partial charge in [0.15, 0.2) is 0 Å². The van der Waals surface area contributed by atoms with Crippen LogP contribution in [0.1, 0.15) is 36.4 Å². The van der Waals surface area contributed by atoms with E-state index in [0.29, 0.717) is 13.0 Å². The van der Waals surface area contributed by atoms with Crippen molar-refractivity contribution in [3.63, 3.8) is 0 Å². The van der Waals surface area contributed by atoms with E-state index in [1.165, 1.54) is 32.3 Å². The van der Waals surface area contributed by atoms with Crippen LogP contribution in [0.5, 0.6) is 0 Å². The van der Waals surface area contributed by atoms with Crippen molar-refractivity contribution in [3.05, 3.63) is 83.9 Å². The van der Waals surface area contributed by atoms with Crippen LogP contribution in [0.3, 0.4) is 0 Å². The van der Waals surface area contributed by atoms with Crippen LogP contribution < -0.4 is 10.2 Å². The Labute approximate surface area is 176 Å². The molecule has 3 aromatic carbocycles. The Morgan fingerprint density at radius 3 is 2.34 bits per heavy atom. The van der Waals surface area contributed by atoms with Crippen molar-refractivity contribution in [2.75, 3.05) is 11.4 Å². The molecule has 5 rings (SSSR count). The maximum Gasteiger partial charge on any atom is 0.222 e. The third kappa shape index (κ3) is 3.65. The molecule has 1 amide bonds. The zero-order valence-electron chi connectivity index (χ0n) is 16.3. The number of para-hydroxylation sites is 2. The number of hydrogen-bond donors (Lipinski definition) is 1. The smallest absolute Gasteiger partial charge is 0.222 e. The second-order valence-electron chi connectivity index (χ2n) is 7.65. The summed E-state index contributed by atoms with van der Waals surface area (Å²) >= 11 is 1.80. The first-order chi connectivity index (χ1) is 14.3. The molecule has 0 fully saturated rings. The third-order valence-corrected chi connectivity index (χ3v) is 6.93. The zero-order valence-corrected chi connectivity index (χ0v) is 17.1. The summed E-state index contributed by atoms with van der Waals surface area (Å²) in [5.74, 6) is 0.125.